The Morgan fingerprint density at radius 2 is 1.54 bits per heavy atom. The van der Waals surface area contributed by atoms with Crippen LogP contribution in [0.3, 0.4) is 0 Å². The van der Waals surface area contributed by atoms with Gasteiger partial charge >= 0.3 is 0 Å². The van der Waals surface area contributed by atoms with Crippen molar-refractivity contribution in [1.82, 2.24) is 4.90 Å². The Balaban J connectivity index is 1.46. The SMILES string of the molecule is O=C(c1ccccc1Cc1ccccc1)N1CCN(c2cccc(Cl)c2)CC1. The van der Waals surface area contributed by atoms with E-state index < -0.39 is 0 Å². The second-order valence-corrected chi connectivity index (χ2v) is 7.52. The number of carbonyl (C=O) groups excluding carboxylic acids is 1. The Hall–Kier alpha value is -2.78. The molecule has 142 valence electrons. The topological polar surface area (TPSA) is 23.6 Å². The molecular weight excluding hydrogens is 368 g/mol. The van der Waals surface area contributed by atoms with Crippen LogP contribution < -0.4 is 4.90 Å². The minimum absolute atomic E-state index is 0.122. The van der Waals surface area contributed by atoms with E-state index in [1.807, 2.05) is 59.5 Å². The van der Waals surface area contributed by atoms with Crippen LogP contribution >= 0.6 is 11.6 Å². The van der Waals surface area contributed by atoms with Gasteiger partial charge in [-0.3, -0.25) is 4.79 Å². The molecule has 0 spiro atoms. The van der Waals surface area contributed by atoms with Crippen molar-refractivity contribution in [3.8, 4) is 0 Å². The quantitative estimate of drug-likeness (QED) is 0.633. The molecule has 0 bridgehead atoms. The first-order chi connectivity index (χ1) is 13.7. The molecule has 3 aromatic carbocycles. The summed E-state index contributed by atoms with van der Waals surface area (Å²) in [5.41, 5.74) is 4.22. The highest BCUT2D eigenvalue weighted by Gasteiger charge is 2.24. The second-order valence-electron chi connectivity index (χ2n) is 7.08. The van der Waals surface area contributed by atoms with Gasteiger partial charge in [0.2, 0.25) is 0 Å². The van der Waals surface area contributed by atoms with Crippen LogP contribution in [0.2, 0.25) is 5.02 Å². The first-order valence-electron chi connectivity index (χ1n) is 9.62. The molecule has 0 atom stereocenters. The number of amides is 1. The number of rotatable bonds is 4. The van der Waals surface area contributed by atoms with E-state index in [1.54, 1.807) is 0 Å². The van der Waals surface area contributed by atoms with Crippen molar-refractivity contribution in [2.75, 3.05) is 31.1 Å². The molecule has 1 fully saturated rings. The fraction of sp³-hybridized carbons (Fsp3) is 0.208. The van der Waals surface area contributed by atoms with Crippen LogP contribution in [-0.4, -0.2) is 37.0 Å². The fourth-order valence-electron chi connectivity index (χ4n) is 3.71. The van der Waals surface area contributed by atoms with Gasteiger partial charge in [-0.25, -0.2) is 0 Å². The predicted octanol–water partition coefficient (Wildman–Crippen LogP) is 4.89. The molecule has 0 unspecified atom stereocenters. The van der Waals surface area contributed by atoms with Crippen LogP contribution in [0.5, 0.6) is 0 Å². The molecule has 0 radical (unpaired) electrons. The lowest BCUT2D eigenvalue weighted by Gasteiger charge is -2.36. The van der Waals surface area contributed by atoms with Gasteiger partial charge in [-0.1, -0.05) is 66.2 Å². The predicted molar refractivity (Wildman–Crippen MR) is 115 cm³/mol. The van der Waals surface area contributed by atoms with Crippen molar-refractivity contribution >= 4 is 23.2 Å². The van der Waals surface area contributed by atoms with E-state index in [0.717, 1.165) is 41.3 Å². The highest BCUT2D eigenvalue weighted by atomic mass is 35.5. The van der Waals surface area contributed by atoms with Gasteiger partial charge in [0, 0.05) is 42.5 Å². The first kappa shape index (κ1) is 18.6. The third-order valence-corrected chi connectivity index (χ3v) is 5.46. The van der Waals surface area contributed by atoms with Crippen LogP contribution in [0.4, 0.5) is 5.69 Å². The zero-order chi connectivity index (χ0) is 19.3. The van der Waals surface area contributed by atoms with E-state index >= 15 is 0 Å². The standard InChI is InChI=1S/C24H23ClN2O/c25-21-10-6-11-22(18-21)26-13-15-27(16-14-26)24(28)23-12-5-4-9-20(23)17-19-7-2-1-3-8-19/h1-12,18H,13-17H2. The maximum absolute atomic E-state index is 13.2. The van der Waals surface area contributed by atoms with Gasteiger partial charge in [0.1, 0.15) is 0 Å². The fourth-order valence-corrected chi connectivity index (χ4v) is 3.89. The molecule has 1 heterocycles. The molecule has 0 N–H and O–H groups in total. The minimum atomic E-state index is 0.122. The van der Waals surface area contributed by atoms with Gasteiger partial charge in [0.15, 0.2) is 0 Å². The Bertz CT molecular complexity index is 950. The van der Waals surface area contributed by atoms with E-state index in [0.29, 0.717) is 13.1 Å². The number of benzene rings is 3. The molecule has 0 aliphatic carbocycles. The van der Waals surface area contributed by atoms with Crippen molar-refractivity contribution in [2.24, 2.45) is 0 Å². The molecular formula is C24H23ClN2O. The summed E-state index contributed by atoms with van der Waals surface area (Å²) < 4.78 is 0. The zero-order valence-electron chi connectivity index (χ0n) is 15.7. The van der Waals surface area contributed by atoms with E-state index in [-0.39, 0.29) is 5.91 Å². The van der Waals surface area contributed by atoms with Crippen molar-refractivity contribution in [3.05, 3.63) is 101 Å². The molecule has 3 aromatic rings. The normalized spacial score (nSPS) is 14.2. The van der Waals surface area contributed by atoms with Gasteiger partial charge < -0.3 is 9.80 Å². The van der Waals surface area contributed by atoms with E-state index in [1.165, 1.54) is 5.56 Å². The number of nitrogens with zero attached hydrogens (tertiary/aromatic N) is 2. The van der Waals surface area contributed by atoms with Crippen LogP contribution in [0, 0.1) is 0 Å². The van der Waals surface area contributed by atoms with Gasteiger partial charge in [0.05, 0.1) is 0 Å². The largest absolute Gasteiger partial charge is 0.368 e. The summed E-state index contributed by atoms with van der Waals surface area (Å²) in [7, 11) is 0. The molecule has 3 nitrogen and oxygen atoms in total. The molecule has 28 heavy (non-hydrogen) atoms. The highest BCUT2D eigenvalue weighted by molar-refractivity contribution is 6.30. The van der Waals surface area contributed by atoms with E-state index in [2.05, 4.69) is 29.2 Å². The highest BCUT2D eigenvalue weighted by Crippen LogP contribution is 2.22. The van der Waals surface area contributed by atoms with Crippen LogP contribution in [0.25, 0.3) is 0 Å². The van der Waals surface area contributed by atoms with Gasteiger partial charge in [-0.05, 0) is 41.8 Å². The maximum Gasteiger partial charge on any atom is 0.254 e. The summed E-state index contributed by atoms with van der Waals surface area (Å²) in [6.07, 6.45) is 0.769. The third kappa shape index (κ3) is 4.20. The molecule has 0 saturated carbocycles. The van der Waals surface area contributed by atoms with Gasteiger partial charge in [-0.15, -0.1) is 0 Å². The molecule has 1 amide bonds. The number of carbonyl (C=O) groups is 1. The van der Waals surface area contributed by atoms with Crippen molar-refractivity contribution in [1.29, 1.82) is 0 Å². The van der Waals surface area contributed by atoms with Gasteiger partial charge in [-0.2, -0.15) is 0 Å². The van der Waals surface area contributed by atoms with E-state index in [4.69, 9.17) is 11.6 Å². The molecule has 4 heteroatoms. The summed E-state index contributed by atoms with van der Waals surface area (Å²) in [6.45, 7) is 3.05. The summed E-state index contributed by atoms with van der Waals surface area (Å²) in [5, 5.41) is 0.742. The lowest BCUT2D eigenvalue weighted by Crippen LogP contribution is -2.49. The third-order valence-electron chi connectivity index (χ3n) is 5.23. The minimum Gasteiger partial charge on any atom is -0.368 e. The zero-order valence-corrected chi connectivity index (χ0v) is 16.5. The van der Waals surface area contributed by atoms with Crippen LogP contribution in [0.1, 0.15) is 21.5 Å². The number of piperazine rings is 1. The van der Waals surface area contributed by atoms with Crippen LogP contribution in [-0.2, 0) is 6.42 Å². The van der Waals surface area contributed by atoms with Crippen molar-refractivity contribution in [2.45, 2.75) is 6.42 Å². The smallest absolute Gasteiger partial charge is 0.254 e. The maximum atomic E-state index is 13.2. The number of hydrogen-bond acceptors (Lipinski definition) is 2. The van der Waals surface area contributed by atoms with Gasteiger partial charge in [0.25, 0.3) is 5.91 Å². The first-order valence-corrected chi connectivity index (χ1v) is 10.00. The monoisotopic (exact) mass is 390 g/mol. The number of anilines is 1. The van der Waals surface area contributed by atoms with Crippen molar-refractivity contribution in [3.63, 3.8) is 0 Å². The summed E-state index contributed by atoms with van der Waals surface area (Å²) >= 11 is 6.12. The molecule has 0 aromatic heterocycles. The molecule has 1 aliphatic rings. The number of hydrogen-bond donors (Lipinski definition) is 0. The lowest BCUT2D eigenvalue weighted by atomic mass is 9.99. The lowest BCUT2D eigenvalue weighted by molar-refractivity contribution is 0.0746. The number of halogens is 1. The summed E-state index contributed by atoms with van der Waals surface area (Å²) in [5.74, 6) is 0.122. The Morgan fingerprint density at radius 1 is 0.821 bits per heavy atom. The Kier molecular flexibility index (Phi) is 5.63. The average molecular weight is 391 g/mol. The van der Waals surface area contributed by atoms with Crippen LogP contribution in [0.15, 0.2) is 78.9 Å². The average Bonchev–Trinajstić information content (AvgIpc) is 2.74. The Morgan fingerprint density at radius 3 is 2.29 bits per heavy atom. The summed E-state index contributed by atoms with van der Waals surface area (Å²) in [4.78, 5) is 17.4. The van der Waals surface area contributed by atoms with Crippen molar-refractivity contribution < 1.29 is 4.79 Å². The summed E-state index contributed by atoms with van der Waals surface area (Å²) in [6, 6.07) is 26.2. The molecule has 1 aliphatic heterocycles. The molecule has 1 saturated heterocycles. The second kappa shape index (κ2) is 8.49. The molecule has 4 rings (SSSR count). The Labute approximate surface area is 171 Å². The van der Waals surface area contributed by atoms with E-state index in [9.17, 15) is 4.79 Å².